The Kier molecular flexibility index (Phi) is 5.29. The highest BCUT2D eigenvalue weighted by molar-refractivity contribution is 6.64. The van der Waals surface area contributed by atoms with Gasteiger partial charge in [0.2, 0.25) is 0 Å². The van der Waals surface area contributed by atoms with Crippen molar-refractivity contribution in [2.24, 2.45) is 20.7 Å². The second kappa shape index (κ2) is 7.22. The first-order valence-corrected chi connectivity index (χ1v) is 9.14. The summed E-state index contributed by atoms with van der Waals surface area (Å²) in [5.41, 5.74) is 1.26. The Bertz CT molecular complexity index is 888. The maximum atomic E-state index is 13.5. The average Bonchev–Trinajstić information content (AvgIpc) is 2.97. The van der Waals surface area contributed by atoms with Gasteiger partial charge in [0.05, 0.1) is 11.2 Å². The number of oxime groups is 1. The Balaban J connectivity index is 2.14. The minimum Gasteiger partial charge on any atom is -0.410 e. The Labute approximate surface area is 167 Å². The van der Waals surface area contributed by atoms with Crippen LogP contribution in [-0.2, 0) is 0 Å². The summed E-state index contributed by atoms with van der Waals surface area (Å²) >= 11 is 12.8. The van der Waals surface area contributed by atoms with Crippen LogP contribution in [0, 0.1) is 11.2 Å². The topological polar surface area (TPSA) is 72.6 Å². The highest BCUT2D eigenvalue weighted by Crippen LogP contribution is 2.37. The zero-order valence-electron chi connectivity index (χ0n) is 15.3. The van der Waals surface area contributed by atoms with Crippen molar-refractivity contribution in [2.75, 3.05) is 0 Å². The minimum atomic E-state index is -0.530. The third-order valence-corrected chi connectivity index (χ3v) is 5.33. The normalized spacial score (nSPS) is 22.3. The van der Waals surface area contributed by atoms with Crippen LogP contribution >= 0.6 is 23.2 Å². The van der Waals surface area contributed by atoms with Gasteiger partial charge in [-0.2, -0.15) is 5.10 Å². The lowest BCUT2D eigenvalue weighted by Crippen LogP contribution is -2.54. The van der Waals surface area contributed by atoms with Crippen molar-refractivity contribution in [1.82, 2.24) is 10.3 Å². The molecular formula is C18H20Cl2FN5O. The van der Waals surface area contributed by atoms with Gasteiger partial charge in [0.15, 0.2) is 11.5 Å². The molecule has 2 heterocycles. The highest BCUT2D eigenvalue weighted by Gasteiger charge is 2.40. The summed E-state index contributed by atoms with van der Waals surface area (Å²) in [5, 5.41) is 22.2. The lowest BCUT2D eigenvalue weighted by molar-refractivity contribution is 0.225. The van der Waals surface area contributed by atoms with Gasteiger partial charge in [-0.15, -0.1) is 0 Å². The van der Waals surface area contributed by atoms with Crippen molar-refractivity contribution < 1.29 is 9.60 Å². The van der Waals surface area contributed by atoms with Gasteiger partial charge in [-0.3, -0.25) is 5.32 Å². The third kappa shape index (κ3) is 3.72. The van der Waals surface area contributed by atoms with Crippen LogP contribution in [0.25, 0.3) is 5.57 Å². The maximum absolute atomic E-state index is 13.5. The molecule has 0 bridgehead atoms. The van der Waals surface area contributed by atoms with Gasteiger partial charge < -0.3 is 5.21 Å². The lowest BCUT2D eigenvalue weighted by atomic mass is 9.87. The van der Waals surface area contributed by atoms with E-state index in [0.29, 0.717) is 17.0 Å². The molecule has 0 saturated heterocycles. The van der Waals surface area contributed by atoms with Gasteiger partial charge >= 0.3 is 0 Å². The molecular weight excluding hydrogens is 392 g/mol. The van der Waals surface area contributed by atoms with Gasteiger partial charge in [-0.25, -0.2) is 14.4 Å². The second-order valence-electron chi connectivity index (χ2n) is 7.50. The zero-order chi connectivity index (χ0) is 19.9. The molecule has 144 valence electrons. The van der Waals surface area contributed by atoms with E-state index in [9.17, 15) is 9.60 Å². The average molecular weight is 412 g/mol. The van der Waals surface area contributed by atoms with Gasteiger partial charge in [0.25, 0.3) is 0 Å². The minimum absolute atomic E-state index is 0.0471. The molecule has 2 unspecified atom stereocenters. The summed E-state index contributed by atoms with van der Waals surface area (Å²) < 4.78 is 13.5. The van der Waals surface area contributed by atoms with E-state index in [1.165, 1.54) is 18.3 Å². The van der Waals surface area contributed by atoms with Crippen LogP contribution in [0.3, 0.4) is 0 Å². The number of benzene rings is 1. The van der Waals surface area contributed by atoms with E-state index < -0.39 is 12.0 Å². The Morgan fingerprint density at radius 2 is 2.04 bits per heavy atom. The standard InChI is InChI=1S/C18H20Cl2FN5O/c1-9(18(2,3)4)23-17-14(11-6-5-10(21)7-12(11)19)15(20)24-16-13(25-27)8-22-26(16)17/h5-9,17,23,27H,1-4H3. The second-order valence-corrected chi connectivity index (χ2v) is 8.26. The molecule has 0 amide bonds. The molecule has 0 spiro atoms. The number of hydrogen-bond donors (Lipinski definition) is 2. The molecule has 6 nitrogen and oxygen atoms in total. The van der Waals surface area contributed by atoms with Crippen molar-refractivity contribution >= 4 is 46.5 Å². The van der Waals surface area contributed by atoms with E-state index in [1.54, 1.807) is 11.1 Å². The Morgan fingerprint density at radius 1 is 1.33 bits per heavy atom. The number of fused-ring (bicyclic) bond motifs is 1. The van der Waals surface area contributed by atoms with Crippen LogP contribution in [-0.4, -0.2) is 40.2 Å². The van der Waals surface area contributed by atoms with Crippen LogP contribution < -0.4 is 5.32 Å². The summed E-state index contributed by atoms with van der Waals surface area (Å²) in [4.78, 5) is 4.32. The fourth-order valence-corrected chi connectivity index (χ4v) is 3.26. The van der Waals surface area contributed by atoms with Crippen LogP contribution in [0.5, 0.6) is 0 Å². The number of amidine groups is 1. The van der Waals surface area contributed by atoms with E-state index in [1.807, 2.05) is 6.92 Å². The van der Waals surface area contributed by atoms with E-state index in [-0.39, 0.29) is 27.3 Å². The fourth-order valence-electron chi connectivity index (χ4n) is 2.71. The number of rotatable bonds is 3. The summed E-state index contributed by atoms with van der Waals surface area (Å²) in [6.45, 7) is 8.36. The summed E-state index contributed by atoms with van der Waals surface area (Å²) in [5.74, 6) is -0.120. The summed E-state index contributed by atoms with van der Waals surface area (Å²) in [6.07, 6.45) is 0.868. The lowest BCUT2D eigenvalue weighted by Gasteiger charge is -2.38. The molecule has 2 aliphatic heterocycles. The molecule has 0 saturated carbocycles. The van der Waals surface area contributed by atoms with Crippen LogP contribution in [0.4, 0.5) is 4.39 Å². The van der Waals surface area contributed by atoms with E-state index >= 15 is 0 Å². The molecule has 0 aromatic heterocycles. The van der Waals surface area contributed by atoms with Gasteiger partial charge in [0, 0.05) is 17.2 Å². The van der Waals surface area contributed by atoms with Gasteiger partial charge in [-0.1, -0.05) is 55.2 Å². The zero-order valence-corrected chi connectivity index (χ0v) is 16.8. The molecule has 27 heavy (non-hydrogen) atoms. The van der Waals surface area contributed by atoms with Crippen molar-refractivity contribution in [1.29, 1.82) is 0 Å². The van der Waals surface area contributed by atoms with Crippen LogP contribution in [0.2, 0.25) is 5.02 Å². The fraction of sp³-hybridized carbons (Fsp3) is 0.389. The quantitative estimate of drug-likeness (QED) is 0.442. The largest absolute Gasteiger partial charge is 0.410 e. The highest BCUT2D eigenvalue weighted by atomic mass is 35.5. The number of halogens is 3. The van der Waals surface area contributed by atoms with Crippen molar-refractivity contribution in [2.45, 2.75) is 39.9 Å². The predicted octanol–water partition coefficient (Wildman–Crippen LogP) is 4.28. The monoisotopic (exact) mass is 411 g/mol. The molecule has 2 N–H and O–H groups in total. The van der Waals surface area contributed by atoms with Crippen LogP contribution in [0.15, 0.2) is 38.6 Å². The molecule has 1 aromatic carbocycles. The smallest absolute Gasteiger partial charge is 0.183 e. The van der Waals surface area contributed by atoms with E-state index in [2.05, 4.69) is 41.3 Å². The molecule has 0 radical (unpaired) electrons. The van der Waals surface area contributed by atoms with Crippen molar-refractivity contribution in [3.8, 4) is 0 Å². The molecule has 1 aromatic rings. The molecule has 2 aliphatic rings. The SMILES string of the molecule is CC(NC1C(c2ccc(F)cc2Cl)=C(Cl)N=C2C(=NO)C=NN21)C(C)(C)C. The number of hydrazone groups is 1. The maximum Gasteiger partial charge on any atom is 0.183 e. The predicted molar refractivity (Wildman–Crippen MR) is 107 cm³/mol. The number of nitrogens with one attached hydrogen (secondary N) is 1. The first-order chi connectivity index (χ1) is 12.6. The molecule has 2 atom stereocenters. The van der Waals surface area contributed by atoms with Crippen molar-refractivity contribution in [3.05, 3.63) is 39.8 Å². The van der Waals surface area contributed by atoms with Gasteiger partial charge in [0.1, 0.15) is 17.1 Å². The number of hydrogen-bond acceptors (Lipinski definition) is 6. The first-order valence-electron chi connectivity index (χ1n) is 8.39. The summed E-state index contributed by atoms with van der Waals surface area (Å²) in [7, 11) is 0. The molecule has 9 heteroatoms. The summed E-state index contributed by atoms with van der Waals surface area (Å²) in [6, 6.07) is 4.15. The van der Waals surface area contributed by atoms with E-state index in [4.69, 9.17) is 23.2 Å². The molecule has 3 rings (SSSR count). The van der Waals surface area contributed by atoms with E-state index in [0.717, 1.165) is 0 Å². The Hall–Kier alpha value is -1.96. The van der Waals surface area contributed by atoms with Crippen molar-refractivity contribution in [3.63, 3.8) is 0 Å². The number of aliphatic imine (C=N–C) groups is 1. The molecule has 0 fully saturated rings. The van der Waals surface area contributed by atoms with Crippen LogP contribution in [0.1, 0.15) is 33.3 Å². The molecule has 0 aliphatic carbocycles. The third-order valence-electron chi connectivity index (χ3n) is 4.73. The van der Waals surface area contributed by atoms with Gasteiger partial charge in [-0.05, 0) is 24.5 Å². The first kappa shape index (κ1) is 19.8. The number of nitrogens with zero attached hydrogens (tertiary/aromatic N) is 4. The Morgan fingerprint density at radius 3 is 2.63 bits per heavy atom.